The van der Waals surface area contributed by atoms with Crippen LogP contribution in [0.2, 0.25) is 0 Å². The summed E-state index contributed by atoms with van der Waals surface area (Å²) in [7, 11) is 0. The molecule has 0 spiro atoms. The second-order valence-electron chi connectivity index (χ2n) is 5.33. The average molecular weight is 300 g/mol. The fraction of sp³-hybridized carbons (Fsp3) is 0.353. The summed E-state index contributed by atoms with van der Waals surface area (Å²) in [6.45, 7) is 2.94. The van der Waals surface area contributed by atoms with Gasteiger partial charge in [-0.3, -0.25) is 4.79 Å². The van der Waals surface area contributed by atoms with Crippen molar-refractivity contribution >= 4 is 22.9 Å². The SMILES string of the molecule is CCNc1ccc(C(=O)NC2CCCc3sccc32)cc1. The first-order valence-electron chi connectivity index (χ1n) is 7.49. The minimum Gasteiger partial charge on any atom is -0.385 e. The summed E-state index contributed by atoms with van der Waals surface area (Å²) in [4.78, 5) is 13.8. The van der Waals surface area contributed by atoms with Gasteiger partial charge in [-0.1, -0.05) is 0 Å². The Morgan fingerprint density at radius 3 is 2.86 bits per heavy atom. The molecular formula is C17H20N2OS. The number of thiophene rings is 1. The van der Waals surface area contributed by atoms with Crippen LogP contribution in [0.15, 0.2) is 35.7 Å². The number of rotatable bonds is 4. The molecule has 1 heterocycles. The summed E-state index contributed by atoms with van der Waals surface area (Å²) in [6, 6.07) is 9.99. The lowest BCUT2D eigenvalue weighted by atomic mass is 9.94. The van der Waals surface area contributed by atoms with Crippen molar-refractivity contribution in [3.05, 3.63) is 51.7 Å². The summed E-state index contributed by atoms with van der Waals surface area (Å²) < 4.78 is 0. The van der Waals surface area contributed by atoms with Crippen molar-refractivity contribution in [2.24, 2.45) is 0 Å². The number of fused-ring (bicyclic) bond motifs is 1. The van der Waals surface area contributed by atoms with Gasteiger partial charge in [-0.25, -0.2) is 0 Å². The molecule has 2 N–H and O–H groups in total. The lowest BCUT2D eigenvalue weighted by Gasteiger charge is -2.23. The Hall–Kier alpha value is -1.81. The summed E-state index contributed by atoms with van der Waals surface area (Å²) in [5.74, 6) is 0.0158. The lowest BCUT2D eigenvalue weighted by Crippen LogP contribution is -2.30. The van der Waals surface area contributed by atoms with Gasteiger partial charge in [-0.2, -0.15) is 0 Å². The van der Waals surface area contributed by atoms with E-state index in [4.69, 9.17) is 0 Å². The molecule has 1 atom stereocenters. The molecule has 4 heteroatoms. The van der Waals surface area contributed by atoms with Gasteiger partial charge in [0.25, 0.3) is 5.91 Å². The van der Waals surface area contributed by atoms with Crippen LogP contribution in [0, 0.1) is 0 Å². The largest absolute Gasteiger partial charge is 0.385 e. The standard InChI is InChI=1S/C17H20N2OS/c1-2-18-13-8-6-12(7-9-13)17(20)19-15-4-3-5-16-14(15)10-11-21-16/h6-11,15,18H,2-5H2,1H3,(H,19,20). The first kappa shape index (κ1) is 14.1. The highest BCUT2D eigenvalue weighted by Gasteiger charge is 2.22. The number of aryl methyl sites for hydroxylation is 1. The second kappa shape index (κ2) is 6.31. The molecule has 0 saturated heterocycles. The van der Waals surface area contributed by atoms with Gasteiger partial charge < -0.3 is 10.6 Å². The molecule has 1 aromatic heterocycles. The van der Waals surface area contributed by atoms with E-state index in [0.717, 1.165) is 37.1 Å². The Balaban J connectivity index is 1.70. The van der Waals surface area contributed by atoms with Crippen LogP contribution in [0.5, 0.6) is 0 Å². The zero-order valence-corrected chi connectivity index (χ0v) is 13.0. The smallest absolute Gasteiger partial charge is 0.251 e. The van der Waals surface area contributed by atoms with E-state index < -0.39 is 0 Å². The van der Waals surface area contributed by atoms with E-state index in [9.17, 15) is 4.79 Å². The molecule has 21 heavy (non-hydrogen) atoms. The van der Waals surface area contributed by atoms with Crippen molar-refractivity contribution in [3.63, 3.8) is 0 Å². The molecule has 110 valence electrons. The normalized spacial score (nSPS) is 17.1. The van der Waals surface area contributed by atoms with Crippen LogP contribution in [0.4, 0.5) is 5.69 Å². The zero-order valence-electron chi connectivity index (χ0n) is 12.2. The predicted octanol–water partition coefficient (Wildman–Crippen LogP) is 3.99. The molecule has 2 aromatic rings. The summed E-state index contributed by atoms with van der Waals surface area (Å²) >= 11 is 1.80. The third kappa shape index (κ3) is 3.10. The van der Waals surface area contributed by atoms with Gasteiger partial charge in [-0.05, 0) is 67.5 Å². The Bertz CT molecular complexity index is 618. The topological polar surface area (TPSA) is 41.1 Å². The lowest BCUT2D eigenvalue weighted by molar-refractivity contribution is 0.0933. The van der Waals surface area contributed by atoms with Crippen LogP contribution < -0.4 is 10.6 Å². The van der Waals surface area contributed by atoms with Crippen molar-refractivity contribution < 1.29 is 4.79 Å². The molecule has 0 fully saturated rings. The number of hydrogen-bond donors (Lipinski definition) is 2. The van der Waals surface area contributed by atoms with E-state index in [0.29, 0.717) is 0 Å². The van der Waals surface area contributed by atoms with E-state index in [1.807, 2.05) is 24.3 Å². The Morgan fingerprint density at radius 1 is 1.29 bits per heavy atom. The molecular weight excluding hydrogens is 280 g/mol. The Labute approximate surface area is 129 Å². The average Bonchev–Trinajstić information content (AvgIpc) is 2.98. The fourth-order valence-corrected chi connectivity index (χ4v) is 3.81. The van der Waals surface area contributed by atoms with E-state index in [2.05, 4.69) is 29.0 Å². The number of carbonyl (C=O) groups excluding carboxylic acids is 1. The molecule has 0 aliphatic heterocycles. The number of benzene rings is 1. The maximum atomic E-state index is 12.4. The molecule has 0 bridgehead atoms. The van der Waals surface area contributed by atoms with Crippen LogP contribution >= 0.6 is 11.3 Å². The monoisotopic (exact) mass is 300 g/mol. The van der Waals surface area contributed by atoms with Crippen LogP contribution in [0.1, 0.15) is 46.6 Å². The van der Waals surface area contributed by atoms with Crippen LogP contribution in [0.25, 0.3) is 0 Å². The van der Waals surface area contributed by atoms with Gasteiger partial charge in [0, 0.05) is 22.7 Å². The molecule has 3 rings (SSSR count). The number of nitrogens with one attached hydrogen (secondary N) is 2. The van der Waals surface area contributed by atoms with Gasteiger partial charge in [0.15, 0.2) is 0 Å². The van der Waals surface area contributed by atoms with Crippen LogP contribution in [-0.4, -0.2) is 12.5 Å². The molecule has 1 aliphatic carbocycles. The summed E-state index contributed by atoms with van der Waals surface area (Å²) in [6.07, 6.45) is 3.33. The number of amides is 1. The first-order valence-corrected chi connectivity index (χ1v) is 8.37. The number of anilines is 1. The molecule has 0 saturated carbocycles. The van der Waals surface area contributed by atoms with Crippen molar-refractivity contribution in [2.45, 2.75) is 32.2 Å². The van der Waals surface area contributed by atoms with E-state index in [1.54, 1.807) is 11.3 Å². The van der Waals surface area contributed by atoms with Gasteiger partial charge in [0.2, 0.25) is 0 Å². The molecule has 0 radical (unpaired) electrons. The van der Waals surface area contributed by atoms with Crippen molar-refractivity contribution in [1.29, 1.82) is 0 Å². The van der Waals surface area contributed by atoms with Gasteiger partial charge in [0.05, 0.1) is 6.04 Å². The minimum absolute atomic E-state index is 0.0158. The maximum Gasteiger partial charge on any atom is 0.251 e. The van der Waals surface area contributed by atoms with Gasteiger partial charge >= 0.3 is 0 Å². The molecule has 3 nitrogen and oxygen atoms in total. The summed E-state index contributed by atoms with van der Waals surface area (Å²) in [5, 5.41) is 8.54. The third-order valence-electron chi connectivity index (χ3n) is 3.89. The third-order valence-corrected chi connectivity index (χ3v) is 4.88. The first-order chi connectivity index (χ1) is 10.3. The maximum absolute atomic E-state index is 12.4. The summed E-state index contributed by atoms with van der Waals surface area (Å²) in [5.41, 5.74) is 3.08. The fourth-order valence-electron chi connectivity index (χ4n) is 2.82. The Kier molecular flexibility index (Phi) is 4.25. The second-order valence-corrected chi connectivity index (χ2v) is 6.33. The number of hydrogen-bond acceptors (Lipinski definition) is 3. The number of carbonyl (C=O) groups is 1. The van der Waals surface area contributed by atoms with Crippen molar-refractivity contribution in [3.8, 4) is 0 Å². The highest BCUT2D eigenvalue weighted by Crippen LogP contribution is 2.33. The van der Waals surface area contributed by atoms with Crippen molar-refractivity contribution in [2.75, 3.05) is 11.9 Å². The Morgan fingerprint density at radius 2 is 2.10 bits per heavy atom. The van der Waals surface area contributed by atoms with Crippen LogP contribution in [0.3, 0.4) is 0 Å². The minimum atomic E-state index is 0.0158. The van der Waals surface area contributed by atoms with E-state index >= 15 is 0 Å². The van der Waals surface area contributed by atoms with E-state index in [-0.39, 0.29) is 11.9 Å². The quantitative estimate of drug-likeness (QED) is 0.896. The molecule has 1 amide bonds. The molecule has 1 aromatic carbocycles. The van der Waals surface area contributed by atoms with Gasteiger partial charge in [0.1, 0.15) is 0 Å². The van der Waals surface area contributed by atoms with Crippen molar-refractivity contribution in [1.82, 2.24) is 5.32 Å². The predicted molar refractivity (Wildman–Crippen MR) is 88.1 cm³/mol. The molecule has 1 unspecified atom stereocenters. The zero-order chi connectivity index (χ0) is 14.7. The highest BCUT2D eigenvalue weighted by atomic mass is 32.1. The van der Waals surface area contributed by atoms with E-state index in [1.165, 1.54) is 10.4 Å². The van der Waals surface area contributed by atoms with Gasteiger partial charge in [-0.15, -0.1) is 11.3 Å². The highest BCUT2D eigenvalue weighted by molar-refractivity contribution is 7.10. The van der Waals surface area contributed by atoms with Crippen LogP contribution in [-0.2, 0) is 6.42 Å². The molecule has 1 aliphatic rings.